The van der Waals surface area contributed by atoms with Crippen LogP contribution in [0.1, 0.15) is 55.0 Å². The second-order valence-electron chi connectivity index (χ2n) is 9.52. The summed E-state index contributed by atoms with van der Waals surface area (Å²) >= 11 is 0. The van der Waals surface area contributed by atoms with Crippen molar-refractivity contribution in [3.63, 3.8) is 0 Å². The summed E-state index contributed by atoms with van der Waals surface area (Å²) in [6, 6.07) is 8.67. The summed E-state index contributed by atoms with van der Waals surface area (Å²) in [5.41, 5.74) is 2.38. The van der Waals surface area contributed by atoms with Crippen LogP contribution in [-0.2, 0) is 15.0 Å². The number of rotatable bonds is 5. The van der Waals surface area contributed by atoms with Crippen molar-refractivity contribution in [1.82, 2.24) is 9.80 Å². The van der Waals surface area contributed by atoms with Gasteiger partial charge in [0.05, 0.1) is 5.57 Å². The molecule has 3 rings (SSSR count). The number of furan rings is 1. The number of likely N-dealkylation sites (tertiary alicyclic amines) is 1. The highest BCUT2D eigenvalue weighted by molar-refractivity contribution is 6.46. The molecule has 6 nitrogen and oxygen atoms in total. The first-order valence-corrected chi connectivity index (χ1v) is 10.5. The van der Waals surface area contributed by atoms with Crippen molar-refractivity contribution >= 4 is 17.4 Å². The van der Waals surface area contributed by atoms with Crippen molar-refractivity contribution < 1.29 is 19.1 Å². The third kappa shape index (κ3) is 4.44. The van der Waals surface area contributed by atoms with E-state index >= 15 is 0 Å². The van der Waals surface area contributed by atoms with Crippen LogP contribution in [0.5, 0.6) is 0 Å². The van der Waals surface area contributed by atoms with Crippen LogP contribution in [0.2, 0.25) is 0 Å². The molecule has 2 heterocycles. The molecule has 6 heteroatoms. The minimum atomic E-state index is -0.758. The molecule has 1 amide bonds. The molecule has 0 saturated carbocycles. The number of aliphatic hydroxyl groups excluding tert-OH is 1. The molecule has 1 aliphatic heterocycles. The highest BCUT2D eigenvalue weighted by Crippen LogP contribution is 2.40. The lowest BCUT2D eigenvalue weighted by Gasteiger charge is -2.25. The van der Waals surface area contributed by atoms with Gasteiger partial charge in [0.25, 0.3) is 11.7 Å². The van der Waals surface area contributed by atoms with Gasteiger partial charge in [0.2, 0.25) is 0 Å². The lowest BCUT2D eigenvalue weighted by Crippen LogP contribution is -2.35. The van der Waals surface area contributed by atoms with Crippen LogP contribution in [0.15, 0.2) is 40.3 Å². The first-order chi connectivity index (χ1) is 14.4. The molecule has 31 heavy (non-hydrogen) atoms. The smallest absolute Gasteiger partial charge is 0.295 e. The van der Waals surface area contributed by atoms with Crippen molar-refractivity contribution in [3.8, 4) is 0 Å². The van der Waals surface area contributed by atoms with Crippen molar-refractivity contribution in [2.45, 2.75) is 46.1 Å². The van der Waals surface area contributed by atoms with Gasteiger partial charge in [0.1, 0.15) is 23.3 Å². The first-order valence-electron chi connectivity index (χ1n) is 10.5. The SMILES string of the molecule is Cc1ccc(C2/C(=C(\O)c3cc(C(C)(C)C)ccc3C)C(=O)C(=O)N2CCN(C)C)o1. The van der Waals surface area contributed by atoms with Crippen LogP contribution in [0, 0.1) is 13.8 Å². The molecular formula is C25H32N2O4. The Kier molecular flexibility index (Phi) is 6.14. The maximum Gasteiger partial charge on any atom is 0.295 e. The van der Waals surface area contributed by atoms with Crippen molar-refractivity contribution in [2.24, 2.45) is 0 Å². The van der Waals surface area contributed by atoms with Crippen molar-refractivity contribution in [3.05, 3.63) is 64.1 Å². The highest BCUT2D eigenvalue weighted by atomic mass is 16.3. The second kappa shape index (κ2) is 8.35. The number of hydrogen-bond donors (Lipinski definition) is 1. The molecule has 2 aromatic rings. The van der Waals surface area contributed by atoms with E-state index in [-0.39, 0.29) is 16.7 Å². The van der Waals surface area contributed by atoms with E-state index in [0.29, 0.717) is 30.2 Å². The molecule has 0 radical (unpaired) electrons. The molecule has 0 spiro atoms. The van der Waals surface area contributed by atoms with Gasteiger partial charge in [-0.1, -0.05) is 32.9 Å². The minimum Gasteiger partial charge on any atom is -0.507 e. The molecule has 1 atom stereocenters. The first kappa shape index (κ1) is 22.8. The number of carbonyl (C=O) groups excluding carboxylic acids is 2. The summed E-state index contributed by atoms with van der Waals surface area (Å²) in [6.07, 6.45) is 0. The van der Waals surface area contributed by atoms with Crippen LogP contribution in [-0.4, -0.2) is 53.8 Å². The second-order valence-corrected chi connectivity index (χ2v) is 9.52. The third-order valence-corrected chi connectivity index (χ3v) is 5.72. The summed E-state index contributed by atoms with van der Waals surface area (Å²) in [4.78, 5) is 29.5. The van der Waals surface area contributed by atoms with E-state index in [9.17, 15) is 14.7 Å². The van der Waals surface area contributed by atoms with E-state index in [1.54, 1.807) is 12.1 Å². The Morgan fingerprint density at radius 3 is 2.35 bits per heavy atom. The standard InChI is InChI=1S/C25H32N2O4/c1-15-8-10-17(25(3,4)5)14-18(15)22(28)20-21(19-11-9-16(2)31-19)27(13-12-26(6)7)24(30)23(20)29/h8-11,14,21,28H,12-13H2,1-7H3/b22-20+. The van der Waals surface area contributed by atoms with Gasteiger partial charge in [-0.25, -0.2) is 0 Å². The number of benzene rings is 1. The summed E-state index contributed by atoms with van der Waals surface area (Å²) in [5.74, 6) is -0.308. The molecule has 0 bridgehead atoms. The van der Waals surface area contributed by atoms with Crippen LogP contribution in [0.3, 0.4) is 0 Å². The molecule has 166 valence electrons. The number of Topliss-reactive ketones (excluding diaryl/α,β-unsaturated/α-hetero) is 1. The normalized spacial score (nSPS) is 19.0. The fourth-order valence-corrected chi connectivity index (χ4v) is 3.80. The predicted octanol–water partition coefficient (Wildman–Crippen LogP) is 4.18. The predicted molar refractivity (Wildman–Crippen MR) is 121 cm³/mol. The van der Waals surface area contributed by atoms with Gasteiger partial charge in [-0.2, -0.15) is 0 Å². The maximum atomic E-state index is 13.1. The van der Waals surface area contributed by atoms with Crippen molar-refractivity contribution in [2.75, 3.05) is 27.2 Å². The summed E-state index contributed by atoms with van der Waals surface area (Å²) in [7, 11) is 3.81. The Morgan fingerprint density at radius 2 is 1.81 bits per heavy atom. The van der Waals surface area contributed by atoms with E-state index in [1.165, 1.54) is 4.90 Å². The Bertz CT molecular complexity index is 1040. The molecular weight excluding hydrogens is 392 g/mol. The Hall–Kier alpha value is -2.86. The number of aryl methyl sites for hydroxylation is 2. The van der Waals surface area contributed by atoms with Gasteiger partial charge >= 0.3 is 0 Å². The minimum absolute atomic E-state index is 0.0762. The van der Waals surface area contributed by atoms with Gasteiger partial charge in [0, 0.05) is 18.7 Å². The number of aliphatic hydroxyl groups is 1. The molecule has 0 aliphatic carbocycles. The Morgan fingerprint density at radius 1 is 1.13 bits per heavy atom. The summed E-state index contributed by atoms with van der Waals surface area (Å²) < 4.78 is 5.82. The van der Waals surface area contributed by atoms with Crippen LogP contribution < -0.4 is 0 Å². The lowest BCUT2D eigenvalue weighted by molar-refractivity contribution is -0.140. The molecule has 1 aliphatic rings. The average Bonchev–Trinajstić information content (AvgIpc) is 3.20. The molecule has 1 unspecified atom stereocenters. The molecule has 1 N–H and O–H groups in total. The largest absolute Gasteiger partial charge is 0.507 e. The van der Waals surface area contributed by atoms with Gasteiger partial charge in [-0.15, -0.1) is 0 Å². The van der Waals surface area contributed by atoms with Crippen molar-refractivity contribution in [1.29, 1.82) is 0 Å². The van der Waals surface area contributed by atoms with Crippen LogP contribution in [0.4, 0.5) is 0 Å². The zero-order valence-corrected chi connectivity index (χ0v) is 19.4. The van der Waals surface area contributed by atoms with Gasteiger partial charge in [0.15, 0.2) is 0 Å². The lowest BCUT2D eigenvalue weighted by atomic mass is 9.84. The Balaban J connectivity index is 2.19. The number of ketones is 1. The number of likely N-dealkylation sites (N-methyl/N-ethyl adjacent to an activating group) is 1. The summed E-state index contributed by atoms with van der Waals surface area (Å²) in [6.45, 7) is 10.9. The molecule has 1 aromatic heterocycles. The molecule has 1 saturated heterocycles. The van der Waals surface area contributed by atoms with E-state index in [4.69, 9.17) is 4.42 Å². The fraction of sp³-hybridized carbons (Fsp3) is 0.440. The average molecular weight is 425 g/mol. The fourth-order valence-electron chi connectivity index (χ4n) is 3.80. The summed E-state index contributed by atoms with van der Waals surface area (Å²) in [5, 5.41) is 11.3. The molecule has 1 fully saturated rings. The number of hydrogen-bond acceptors (Lipinski definition) is 5. The quantitative estimate of drug-likeness (QED) is 0.443. The van der Waals surface area contributed by atoms with E-state index in [0.717, 1.165) is 11.1 Å². The van der Waals surface area contributed by atoms with E-state index in [1.807, 2.05) is 51.0 Å². The van der Waals surface area contributed by atoms with Crippen LogP contribution >= 0.6 is 0 Å². The maximum absolute atomic E-state index is 13.1. The van der Waals surface area contributed by atoms with Crippen LogP contribution in [0.25, 0.3) is 5.76 Å². The van der Waals surface area contributed by atoms with Gasteiger partial charge in [-0.3, -0.25) is 9.59 Å². The Labute approximate surface area is 184 Å². The number of carbonyl (C=O) groups is 2. The molecule has 1 aromatic carbocycles. The topological polar surface area (TPSA) is 74.0 Å². The zero-order chi connectivity index (χ0) is 23.1. The monoisotopic (exact) mass is 424 g/mol. The highest BCUT2D eigenvalue weighted by Gasteiger charge is 2.47. The van der Waals surface area contributed by atoms with Gasteiger partial charge < -0.3 is 19.3 Å². The number of nitrogens with zero attached hydrogens (tertiary/aromatic N) is 2. The number of amides is 1. The third-order valence-electron chi connectivity index (χ3n) is 5.72. The zero-order valence-electron chi connectivity index (χ0n) is 19.4. The van der Waals surface area contributed by atoms with E-state index < -0.39 is 17.7 Å². The van der Waals surface area contributed by atoms with Gasteiger partial charge in [-0.05, 0) is 62.7 Å². The van der Waals surface area contributed by atoms with E-state index in [2.05, 4.69) is 20.8 Å².